The Hall–Kier alpha value is -2.20. The van der Waals surface area contributed by atoms with E-state index in [1.165, 1.54) is 13.2 Å². The highest BCUT2D eigenvalue weighted by Gasteiger charge is 2.40. The van der Waals surface area contributed by atoms with E-state index >= 15 is 0 Å². The van der Waals surface area contributed by atoms with Gasteiger partial charge in [0.1, 0.15) is 11.9 Å². The van der Waals surface area contributed by atoms with E-state index in [1.807, 2.05) is 4.72 Å². The summed E-state index contributed by atoms with van der Waals surface area (Å²) < 4.78 is 43.3. The van der Waals surface area contributed by atoms with Gasteiger partial charge in [0.2, 0.25) is 10.0 Å². The van der Waals surface area contributed by atoms with Crippen molar-refractivity contribution >= 4 is 27.6 Å². The largest absolute Gasteiger partial charge is 0.480 e. The van der Waals surface area contributed by atoms with Crippen LogP contribution in [-0.2, 0) is 19.6 Å². The molecule has 1 fully saturated rings. The molecule has 2 rings (SSSR count). The van der Waals surface area contributed by atoms with Crippen molar-refractivity contribution in [2.45, 2.75) is 18.6 Å². The van der Waals surface area contributed by atoms with E-state index in [9.17, 15) is 27.5 Å². The first-order valence-electron chi connectivity index (χ1n) is 6.96. The van der Waals surface area contributed by atoms with Crippen LogP contribution in [0.4, 0.5) is 10.1 Å². The molecule has 1 aliphatic heterocycles. The van der Waals surface area contributed by atoms with Crippen molar-refractivity contribution in [1.29, 1.82) is 0 Å². The monoisotopic (exact) mass is 360 g/mol. The summed E-state index contributed by atoms with van der Waals surface area (Å²) in [7, 11) is -2.31. The molecule has 8 nitrogen and oxygen atoms in total. The van der Waals surface area contributed by atoms with Crippen LogP contribution in [0.3, 0.4) is 0 Å². The number of methoxy groups -OCH3 is 1. The average Bonchev–Trinajstić information content (AvgIpc) is 2.92. The summed E-state index contributed by atoms with van der Waals surface area (Å²) in [6.07, 6.45) is 0.585. The maximum Gasteiger partial charge on any atom is 0.326 e. The fourth-order valence-corrected chi connectivity index (χ4v) is 3.08. The van der Waals surface area contributed by atoms with Crippen LogP contribution in [0.15, 0.2) is 18.2 Å². The number of hydrogen-bond acceptors (Lipinski definition) is 5. The molecule has 1 saturated heterocycles. The molecule has 1 amide bonds. The number of halogens is 1. The molecular formula is C14H17FN2O6S. The average molecular weight is 360 g/mol. The summed E-state index contributed by atoms with van der Waals surface area (Å²) in [5, 5.41) is 9.24. The smallest absolute Gasteiger partial charge is 0.326 e. The Labute approximate surface area is 138 Å². The highest BCUT2D eigenvalue weighted by molar-refractivity contribution is 7.92. The van der Waals surface area contributed by atoms with Crippen LogP contribution >= 0.6 is 0 Å². The minimum atomic E-state index is -3.73. The Morgan fingerprint density at radius 1 is 1.42 bits per heavy atom. The SMILES string of the molecule is COC1CC(C(=O)O)N(C(=O)c2ccc(F)c(NS(C)(=O)=O)c2)C1. The Kier molecular flexibility index (Phi) is 5.09. The minimum Gasteiger partial charge on any atom is -0.480 e. The quantitative estimate of drug-likeness (QED) is 0.791. The number of carboxylic acid groups (broad SMARTS) is 1. The molecule has 1 aromatic rings. The van der Waals surface area contributed by atoms with Gasteiger partial charge in [-0.2, -0.15) is 0 Å². The van der Waals surface area contributed by atoms with Crippen molar-refractivity contribution in [3.63, 3.8) is 0 Å². The number of carbonyl (C=O) groups is 2. The number of rotatable bonds is 5. The van der Waals surface area contributed by atoms with Gasteiger partial charge in [0, 0.05) is 25.6 Å². The predicted octanol–water partition coefficient (Wildman–Crippen LogP) is 0.511. The molecule has 2 atom stereocenters. The van der Waals surface area contributed by atoms with Crippen molar-refractivity contribution in [2.24, 2.45) is 0 Å². The number of hydrogen-bond donors (Lipinski definition) is 2. The van der Waals surface area contributed by atoms with Gasteiger partial charge < -0.3 is 14.7 Å². The number of anilines is 1. The van der Waals surface area contributed by atoms with Crippen LogP contribution in [0.25, 0.3) is 0 Å². The first-order valence-corrected chi connectivity index (χ1v) is 8.85. The zero-order valence-corrected chi connectivity index (χ0v) is 13.8. The van der Waals surface area contributed by atoms with E-state index in [2.05, 4.69) is 0 Å². The molecule has 0 radical (unpaired) electrons. The number of amides is 1. The first-order chi connectivity index (χ1) is 11.1. The number of carbonyl (C=O) groups excluding carboxylic acids is 1. The molecule has 1 aromatic carbocycles. The number of likely N-dealkylation sites (tertiary alicyclic amines) is 1. The van der Waals surface area contributed by atoms with Gasteiger partial charge in [0.15, 0.2) is 0 Å². The van der Waals surface area contributed by atoms with Crippen molar-refractivity contribution in [1.82, 2.24) is 4.90 Å². The summed E-state index contributed by atoms with van der Waals surface area (Å²) in [6.45, 7) is 0.0819. The summed E-state index contributed by atoms with van der Waals surface area (Å²) >= 11 is 0. The van der Waals surface area contributed by atoms with Gasteiger partial charge in [-0.3, -0.25) is 9.52 Å². The number of aliphatic carboxylic acids is 1. The van der Waals surface area contributed by atoms with Crippen LogP contribution in [0.1, 0.15) is 16.8 Å². The van der Waals surface area contributed by atoms with Gasteiger partial charge >= 0.3 is 5.97 Å². The van der Waals surface area contributed by atoms with Gasteiger partial charge in [-0.1, -0.05) is 0 Å². The lowest BCUT2D eigenvalue weighted by Gasteiger charge is -2.21. The number of ether oxygens (including phenoxy) is 1. The lowest BCUT2D eigenvalue weighted by atomic mass is 10.1. The highest BCUT2D eigenvalue weighted by atomic mass is 32.2. The van der Waals surface area contributed by atoms with Crippen LogP contribution in [0, 0.1) is 5.82 Å². The van der Waals surface area contributed by atoms with Crippen molar-refractivity contribution < 1.29 is 32.2 Å². The second kappa shape index (κ2) is 6.73. The molecule has 0 bridgehead atoms. The number of sulfonamides is 1. The Balaban J connectivity index is 2.32. The molecule has 0 spiro atoms. The highest BCUT2D eigenvalue weighted by Crippen LogP contribution is 2.25. The van der Waals surface area contributed by atoms with Gasteiger partial charge in [-0.05, 0) is 18.2 Å². The summed E-state index contributed by atoms with van der Waals surface area (Å²) in [5.41, 5.74) is -0.400. The lowest BCUT2D eigenvalue weighted by Crippen LogP contribution is -2.40. The maximum atomic E-state index is 13.7. The van der Waals surface area contributed by atoms with E-state index in [4.69, 9.17) is 4.74 Å². The zero-order chi connectivity index (χ0) is 18.1. The molecule has 0 aliphatic carbocycles. The molecule has 10 heteroatoms. The summed E-state index contributed by atoms with van der Waals surface area (Å²) in [6, 6.07) is 2.10. The molecule has 0 saturated carbocycles. The lowest BCUT2D eigenvalue weighted by molar-refractivity contribution is -0.141. The maximum absolute atomic E-state index is 13.7. The van der Waals surface area contributed by atoms with Crippen molar-refractivity contribution in [3.05, 3.63) is 29.6 Å². The Morgan fingerprint density at radius 3 is 2.62 bits per heavy atom. The molecule has 0 aromatic heterocycles. The third-order valence-corrected chi connectivity index (χ3v) is 4.24. The predicted molar refractivity (Wildman–Crippen MR) is 82.7 cm³/mol. The van der Waals surface area contributed by atoms with Gasteiger partial charge in [-0.25, -0.2) is 17.6 Å². The standard InChI is InChI=1S/C14H17FN2O6S/c1-23-9-6-12(14(19)20)17(7-9)13(18)8-3-4-10(15)11(5-8)16-24(2,21)22/h3-5,9,12,16H,6-7H2,1-2H3,(H,19,20). The fraction of sp³-hybridized carbons (Fsp3) is 0.429. The van der Waals surface area contributed by atoms with Crippen LogP contribution in [-0.4, -0.2) is 62.4 Å². The normalized spacial score (nSPS) is 20.9. The molecule has 1 aliphatic rings. The first kappa shape index (κ1) is 18.1. The third-order valence-electron chi connectivity index (χ3n) is 3.65. The zero-order valence-electron chi connectivity index (χ0n) is 13.0. The fourth-order valence-electron chi connectivity index (χ4n) is 2.53. The number of nitrogens with zero attached hydrogens (tertiary/aromatic N) is 1. The van der Waals surface area contributed by atoms with E-state index in [1.54, 1.807) is 0 Å². The number of carboxylic acids is 1. The third kappa shape index (κ3) is 4.01. The van der Waals surface area contributed by atoms with Gasteiger partial charge in [0.25, 0.3) is 5.91 Å². The van der Waals surface area contributed by atoms with Crippen molar-refractivity contribution in [2.75, 3.05) is 24.6 Å². The molecule has 132 valence electrons. The molecular weight excluding hydrogens is 343 g/mol. The topological polar surface area (TPSA) is 113 Å². The molecule has 2 unspecified atom stereocenters. The van der Waals surface area contributed by atoms with Crippen molar-refractivity contribution in [3.8, 4) is 0 Å². The van der Waals surface area contributed by atoms with Gasteiger partial charge in [0.05, 0.1) is 18.0 Å². The van der Waals surface area contributed by atoms with Gasteiger partial charge in [-0.15, -0.1) is 0 Å². The van der Waals surface area contributed by atoms with E-state index < -0.39 is 39.9 Å². The second-order valence-corrected chi connectivity index (χ2v) is 7.22. The summed E-state index contributed by atoms with van der Waals surface area (Å²) in [5.74, 6) is -2.65. The summed E-state index contributed by atoms with van der Waals surface area (Å²) in [4.78, 5) is 25.0. The van der Waals surface area contributed by atoms with E-state index in [-0.39, 0.29) is 24.2 Å². The van der Waals surface area contributed by atoms with Crippen LogP contribution in [0.5, 0.6) is 0 Å². The molecule has 1 heterocycles. The number of nitrogens with one attached hydrogen (secondary N) is 1. The van der Waals surface area contributed by atoms with E-state index in [0.29, 0.717) is 0 Å². The Bertz CT molecular complexity index is 767. The molecule has 24 heavy (non-hydrogen) atoms. The minimum absolute atomic E-state index is 0.0226. The van der Waals surface area contributed by atoms with E-state index in [0.717, 1.165) is 23.3 Å². The second-order valence-electron chi connectivity index (χ2n) is 5.47. The number of benzene rings is 1. The van der Waals surface area contributed by atoms with Crippen LogP contribution < -0.4 is 4.72 Å². The molecule has 2 N–H and O–H groups in total. The van der Waals surface area contributed by atoms with Crippen LogP contribution in [0.2, 0.25) is 0 Å². The Morgan fingerprint density at radius 2 is 2.08 bits per heavy atom.